The third-order valence-electron chi connectivity index (χ3n) is 3.48. The Labute approximate surface area is 142 Å². The molecular formula is C15H21Cl2N3O2. The van der Waals surface area contributed by atoms with Gasteiger partial charge in [0.2, 0.25) is 5.89 Å². The smallest absolute Gasteiger partial charge is 0.226 e. The maximum atomic E-state index is 5.57. The minimum Gasteiger partial charge on any atom is -0.497 e. The molecule has 22 heavy (non-hydrogen) atoms. The van der Waals surface area contributed by atoms with Crippen molar-refractivity contribution in [3.05, 3.63) is 36.2 Å². The van der Waals surface area contributed by atoms with Crippen LogP contribution in [0, 0.1) is 0 Å². The van der Waals surface area contributed by atoms with Gasteiger partial charge in [0, 0.05) is 38.3 Å². The molecule has 0 atom stereocenters. The lowest BCUT2D eigenvalue weighted by molar-refractivity contribution is 0.230. The van der Waals surface area contributed by atoms with Crippen LogP contribution < -0.4 is 10.1 Å². The molecular weight excluding hydrogens is 325 g/mol. The summed E-state index contributed by atoms with van der Waals surface area (Å²) < 4.78 is 10.7. The van der Waals surface area contributed by atoms with E-state index < -0.39 is 0 Å². The average Bonchev–Trinajstić information content (AvgIpc) is 2.97. The van der Waals surface area contributed by atoms with Crippen LogP contribution in [0.5, 0.6) is 5.75 Å². The summed E-state index contributed by atoms with van der Waals surface area (Å²) in [5.74, 6) is 1.50. The molecule has 0 saturated carbocycles. The van der Waals surface area contributed by atoms with Crippen LogP contribution in [0.15, 0.2) is 34.9 Å². The van der Waals surface area contributed by atoms with Crippen molar-refractivity contribution >= 4 is 24.8 Å². The molecule has 7 heteroatoms. The first-order valence-corrected chi connectivity index (χ1v) is 6.87. The van der Waals surface area contributed by atoms with Gasteiger partial charge in [-0.1, -0.05) is 0 Å². The van der Waals surface area contributed by atoms with E-state index in [0.29, 0.717) is 5.89 Å². The van der Waals surface area contributed by atoms with E-state index in [9.17, 15) is 0 Å². The number of methoxy groups -OCH3 is 1. The zero-order chi connectivity index (χ0) is 13.8. The summed E-state index contributed by atoms with van der Waals surface area (Å²) in [6.07, 6.45) is 1.75. The molecule has 1 aromatic heterocycles. The van der Waals surface area contributed by atoms with Gasteiger partial charge in [-0.05, 0) is 24.3 Å². The van der Waals surface area contributed by atoms with Gasteiger partial charge in [0.1, 0.15) is 12.0 Å². The first-order chi connectivity index (χ1) is 9.85. The third-order valence-corrected chi connectivity index (χ3v) is 3.48. The van der Waals surface area contributed by atoms with E-state index >= 15 is 0 Å². The van der Waals surface area contributed by atoms with Crippen molar-refractivity contribution in [1.29, 1.82) is 0 Å². The summed E-state index contributed by atoms with van der Waals surface area (Å²) >= 11 is 0. The Balaban J connectivity index is 0.00000121. The van der Waals surface area contributed by atoms with Gasteiger partial charge in [0.05, 0.1) is 12.8 Å². The van der Waals surface area contributed by atoms with Crippen molar-refractivity contribution in [3.63, 3.8) is 0 Å². The zero-order valence-electron chi connectivity index (χ0n) is 12.4. The summed E-state index contributed by atoms with van der Waals surface area (Å²) in [5, 5.41) is 3.34. The minimum absolute atomic E-state index is 0. The summed E-state index contributed by atoms with van der Waals surface area (Å²) in [6, 6.07) is 7.74. The van der Waals surface area contributed by atoms with E-state index in [1.54, 1.807) is 13.4 Å². The number of hydrogen-bond acceptors (Lipinski definition) is 5. The molecule has 1 fully saturated rings. The fourth-order valence-electron chi connectivity index (χ4n) is 2.34. The quantitative estimate of drug-likeness (QED) is 0.922. The number of halogens is 2. The van der Waals surface area contributed by atoms with E-state index in [1.165, 1.54) is 0 Å². The van der Waals surface area contributed by atoms with Crippen LogP contribution in [-0.2, 0) is 6.54 Å². The summed E-state index contributed by atoms with van der Waals surface area (Å²) in [7, 11) is 1.66. The topological polar surface area (TPSA) is 50.5 Å². The number of oxazole rings is 1. The van der Waals surface area contributed by atoms with Crippen molar-refractivity contribution in [2.45, 2.75) is 6.54 Å². The van der Waals surface area contributed by atoms with E-state index in [-0.39, 0.29) is 24.8 Å². The molecule has 2 heterocycles. The molecule has 1 aromatic carbocycles. The third kappa shape index (κ3) is 4.61. The van der Waals surface area contributed by atoms with Gasteiger partial charge in [-0.3, -0.25) is 4.90 Å². The Morgan fingerprint density at radius 1 is 1.18 bits per heavy atom. The lowest BCUT2D eigenvalue weighted by Crippen LogP contribution is -2.42. The highest BCUT2D eigenvalue weighted by Crippen LogP contribution is 2.22. The molecule has 1 aliphatic heterocycles. The van der Waals surface area contributed by atoms with E-state index in [4.69, 9.17) is 9.15 Å². The van der Waals surface area contributed by atoms with E-state index in [1.807, 2.05) is 24.3 Å². The van der Waals surface area contributed by atoms with Crippen LogP contribution in [0.2, 0.25) is 0 Å². The molecule has 0 amide bonds. The van der Waals surface area contributed by atoms with E-state index in [2.05, 4.69) is 15.2 Å². The molecule has 1 N–H and O–H groups in total. The fraction of sp³-hybridized carbons (Fsp3) is 0.400. The predicted molar refractivity (Wildman–Crippen MR) is 91.1 cm³/mol. The second kappa shape index (κ2) is 9.00. The van der Waals surface area contributed by atoms with Crippen molar-refractivity contribution in [2.24, 2.45) is 0 Å². The molecule has 0 aliphatic carbocycles. The van der Waals surface area contributed by atoms with Crippen LogP contribution in [0.25, 0.3) is 11.5 Å². The van der Waals surface area contributed by atoms with Crippen molar-refractivity contribution in [3.8, 4) is 17.2 Å². The number of hydrogen-bond donors (Lipinski definition) is 1. The van der Waals surface area contributed by atoms with Crippen molar-refractivity contribution in [2.75, 3.05) is 33.3 Å². The fourth-order valence-corrected chi connectivity index (χ4v) is 2.34. The van der Waals surface area contributed by atoms with Gasteiger partial charge in [0.15, 0.2) is 0 Å². The van der Waals surface area contributed by atoms with Crippen LogP contribution in [0.4, 0.5) is 0 Å². The second-order valence-electron chi connectivity index (χ2n) is 4.90. The summed E-state index contributed by atoms with van der Waals surface area (Å²) in [6.45, 7) is 5.06. The standard InChI is InChI=1S/C15H19N3O2.2ClH/c1-19-14-4-2-12(3-5-14)15-17-13(11-20-15)10-18-8-6-16-7-9-18;;/h2-5,11,16H,6-10H2,1H3;2*1H. The van der Waals surface area contributed by atoms with Gasteiger partial charge in [-0.25, -0.2) is 4.98 Å². The molecule has 3 rings (SSSR count). The Hall–Kier alpha value is -1.27. The summed E-state index contributed by atoms with van der Waals surface area (Å²) in [5.41, 5.74) is 1.95. The molecule has 2 aromatic rings. The minimum atomic E-state index is 0. The monoisotopic (exact) mass is 345 g/mol. The second-order valence-corrected chi connectivity index (χ2v) is 4.90. The lowest BCUT2D eigenvalue weighted by Gasteiger charge is -2.25. The first kappa shape index (κ1) is 18.8. The molecule has 1 aliphatic rings. The molecule has 0 radical (unpaired) electrons. The summed E-state index contributed by atoms with van der Waals surface area (Å²) in [4.78, 5) is 6.94. The van der Waals surface area contributed by atoms with Gasteiger partial charge < -0.3 is 14.5 Å². The highest BCUT2D eigenvalue weighted by Gasteiger charge is 2.13. The van der Waals surface area contributed by atoms with Gasteiger partial charge in [0.25, 0.3) is 0 Å². The number of nitrogens with one attached hydrogen (secondary N) is 1. The van der Waals surface area contributed by atoms with Crippen molar-refractivity contribution < 1.29 is 9.15 Å². The molecule has 5 nitrogen and oxygen atoms in total. The van der Waals surface area contributed by atoms with Crippen LogP contribution in [-0.4, -0.2) is 43.2 Å². The van der Waals surface area contributed by atoms with Crippen LogP contribution in [0.1, 0.15) is 5.69 Å². The number of aromatic nitrogens is 1. The van der Waals surface area contributed by atoms with Crippen LogP contribution in [0.3, 0.4) is 0 Å². The highest BCUT2D eigenvalue weighted by molar-refractivity contribution is 5.85. The predicted octanol–water partition coefficient (Wildman–Crippen LogP) is 2.60. The number of rotatable bonds is 4. The normalized spacial score (nSPS) is 14.8. The Bertz CT molecular complexity index is 554. The molecule has 0 spiro atoms. The molecule has 1 saturated heterocycles. The first-order valence-electron chi connectivity index (χ1n) is 6.87. The van der Waals surface area contributed by atoms with Crippen molar-refractivity contribution in [1.82, 2.24) is 15.2 Å². The molecule has 0 unspecified atom stereocenters. The maximum absolute atomic E-state index is 5.57. The van der Waals surface area contributed by atoms with Crippen LogP contribution >= 0.6 is 24.8 Å². The average molecular weight is 346 g/mol. The lowest BCUT2D eigenvalue weighted by atomic mass is 10.2. The number of piperazine rings is 1. The Morgan fingerprint density at radius 2 is 1.86 bits per heavy atom. The number of benzene rings is 1. The zero-order valence-corrected chi connectivity index (χ0v) is 14.1. The molecule has 0 bridgehead atoms. The highest BCUT2D eigenvalue weighted by atomic mass is 35.5. The molecule has 122 valence electrons. The Morgan fingerprint density at radius 3 is 2.50 bits per heavy atom. The van der Waals surface area contributed by atoms with Gasteiger partial charge in [-0.15, -0.1) is 24.8 Å². The SMILES string of the molecule is COc1ccc(-c2nc(CN3CCNCC3)co2)cc1.Cl.Cl. The Kier molecular flexibility index (Phi) is 7.68. The maximum Gasteiger partial charge on any atom is 0.226 e. The number of ether oxygens (including phenoxy) is 1. The van der Waals surface area contributed by atoms with E-state index in [0.717, 1.165) is 49.7 Å². The van der Waals surface area contributed by atoms with Gasteiger partial charge >= 0.3 is 0 Å². The van der Waals surface area contributed by atoms with Gasteiger partial charge in [-0.2, -0.15) is 0 Å². The number of nitrogens with zero attached hydrogens (tertiary/aromatic N) is 2. The largest absolute Gasteiger partial charge is 0.497 e.